The molecule has 0 bridgehead atoms. The van der Waals surface area contributed by atoms with Crippen molar-refractivity contribution in [1.29, 1.82) is 0 Å². The van der Waals surface area contributed by atoms with Crippen molar-refractivity contribution in [2.24, 2.45) is 0 Å². The molecular formula is C46H28N2. The number of benzene rings is 8. The van der Waals surface area contributed by atoms with Gasteiger partial charge in [0.15, 0.2) is 5.69 Å². The summed E-state index contributed by atoms with van der Waals surface area (Å²) in [6, 6.07) is 61.4. The third-order valence-corrected chi connectivity index (χ3v) is 10.4. The summed E-state index contributed by atoms with van der Waals surface area (Å²) in [5, 5.41) is 4.89. The summed E-state index contributed by atoms with van der Waals surface area (Å²) >= 11 is 0. The van der Waals surface area contributed by atoms with Crippen molar-refractivity contribution in [3.8, 4) is 22.3 Å². The third kappa shape index (κ3) is 3.51. The molecule has 2 aliphatic carbocycles. The Labute approximate surface area is 279 Å². The van der Waals surface area contributed by atoms with Crippen LogP contribution in [0, 0.1) is 6.57 Å². The monoisotopic (exact) mass is 608 g/mol. The van der Waals surface area contributed by atoms with Crippen LogP contribution in [-0.2, 0) is 5.41 Å². The van der Waals surface area contributed by atoms with Crippen LogP contribution in [0.1, 0.15) is 22.3 Å². The Bertz CT molecular complexity index is 2600. The minimum absolute atomic E-state index is 0.499. The first kappa shape index (κ1) is 26.8. The van der Waals surface area contributed by atoms with Crippen molar-refractivity contribution in [3.05, 3.63) is 204 Å². The van der Waals surface area contributed by atoms with Gasteiger partial charge in [-0.25, -0.2) is 4.85 Å². The second-order valence-electron chi connectivity index (χ2n) is 12.8. The smallest absolute Gasteiger partial charge is 0.189 e. The molecule has 8 aromatic carbocycles. The molecule has 0 aromatic heterocycles. The van der Waals surface area contributed by atoms with Crippen molar-refractivity contribution < 1.29 is 0 Å². The fraction of sp³-hybridized carbons (Fsp3) is 0.0217. The van der Waals surface area contributed by atoms with Crippen LogP contribution in [0.15, 0.2) is 170 Å². The zero-order valence-corrected chi connectivity index (χ0v) is 26.1. The Hall–Kier alpha value is -6.43. The van der Waals surface area contributed by atoms with E-state index in [2.05, 4.69) is 161 Å². The summed E-state index contributed by atoms with van der Waals surface area (Å²) in [7, 11) is 0. The van der Waals surface area contributed by atoms with Crippen LogP contribution in [0.2, 0.25) is 0 Å². The molecule has 0 atom stereocenters. The van der Waals surface area contributed by atoms with Gasteiger partial charge in [-0.05, 0) is 103 Å². The van der Waals surface area contributed by atoms with Gasteiger partial charge < -0.3 is 4.90 Å². The highest BCUT2D eigenvalue weighted by Gasteiger charge is 2.52. The molecule has 222 valence electrons. The van der Waals surface area contributed by atoms with Crippen molar-refractivity contribution in [2.75, 3.05) is 4.90 Å². The molecule has 0 N–H and O–H groups in total. The Morgan fingerprint density at radius 1 is 0.438 bits per heavy atom. The number of hydrogen-bond acceptors (Lipinski definition) is 1. The van der Waals surface area contributed by atoms with Gasteiger partial charge in [-0.2, -0.15) is 0 Å². The van der Waals surface area contributed by atoms with Gasteiger partial charge in [0.2, 0.25) is 0 Å². The standard InChI is InChI=1S/C46H28N2/c1-47-32-16-13-19-34(28-32)48(33-17-3-2-4-18-33)44-29-43-45(38-23-8-7-22-37(38)44)39-26-30-14-5-6-15-31(30)27-42(39)46(43)40-24-11-9-20-35(40)36-21-10-12-25-41(36)46/h2-29H. The van der Waals surface area contributed by atoms with E-state index in [1.165, 1.54) is 66.1 Å². The first-order valence-electron chi connectivity index (χ1n) is 16.4. The van der Waals surface area contributed by atoms with E-state index in [9.17, 15) is 0 Å². The van der Waals surface area contributed by atoms with E-state index in [0.717, 1.165) is 17.1 Å². The Morgan fingerprint density at radius 3 is 1.77 bits per heavy atom. The lowest BCUT2D eigenvalue weighted by molar-refractivity contribution is 0.795. The lowest BCUT2D eigenvalue weighted by atomic mass is 9.70. The number of fused-ring (bicyclic) bond motifs is 13. The number of anilines is 3. The summed E-state index contributed by atoms with van der Waals surface area (Å²) in [6.07, 6.45) is 0. The third-order valence-electron chi connectivity index (χ3n) is 10.4. The summed E-state index contributed by atoms with van der Waals surface area (Å²) < 4.78 is 0. The quantitative estimate of drug-likeness (QED) is 0.181. The Balaban J connectivity index is 1.40. The van der Waals surface area contributed by atoms with Crippen molar-refractivity contribution in [2.45, 2.75) is 5.41 Å². The Morgan fingerprint density at radius 2 is 1.04 bits per heavy atom. The molecule has 1 spiro atoms. The van der Waals surface area contributed by atoms with E-state index in [1.807, 2.05) is 18.2 Å². The van der Waals surface area contributed by atoms with Gasteiger partial charge >= 0.3 is 0 Å². The minimum atomic E-state index is -0.499. The summed E-state index contributed by atoms with van der Waals surface area (Å²) in [5.74, 6) is 0. The fourth-order valence-corrected chi connectivity index (χ4v) is 8.55. The van der Waals surface area contributed by atoms with Gasteiger partial charge in [-0.15, -0.1) is 0 Å². The molecule has 0 heterocycles. The molecular weight excluding hydrogens is 581 g/mol. The van der Waals surface area contributed by atoms with Gasteiger partial charge in [-0.1, -0.05) is 127 Å². The van der Waals surface area contributed by atoms with Crippen LogP contribution in [-0.4, -0.2) is 0 Å². The first-order chi connectivity index (χ1) is 23.8. The maximum absolute atomic E-state index is 7.81. The molecule has 8 aromatic rings. The van der Waals surface area contributed by atoms with E-state index < -0.39 is 5.41 Å². The van der Waals surface area contributed by atoms with E-state index >= 15 is 0 Å². The SMILES string of the molecule is [C-]#[N+]c1cccc(N(c2ccccc2)c2cc3c(c4ccccc24)-c2cc4ccccc4cc2C32c3ccccc3-c3ccccc32)c1. The molecule has 0 aliphatic heterocycles. The molecule has 0 saturated heterocycles. The second kappa shape index (κ2) is 10.0. The predicted molar refractivity (Wildman–Crippen MR) is 199 cm³/mol. The largest absolute Gasteiger partial charge is 0.311 e. The van der Waals surface area contributed by atoms with Crippen LogP contribution < -0.4 is 4.90 Å². The van der Waals surface area contributed by atoms with Crippen LogP contribution in [0.4, 0.5) is 22.7 Å². The maximum atomic E-state index is 7.81. The summed E-state index contributed by atoms with van der Waals surface area (Å²) in [6.45, 7) is 7.81. The van der Waals surface area contributed by atoms with Gasteiger partial charge in [0.05, 0.1) is 17.7 Å². The van der Waals surface area contributed by atoms with Crippen molar-refractivity contribution in [3.63, 3.8) is 0 Å². The van der Waals surface area contributed by atoms with E-state index in [1.54, 1.807) is 0 Å². The van der Waals surface area contributed by atoms with Gasteiger partial charge in [0, 0.05) is 16.8 Å². The number of hydrogen-bond donors (Lipinski definition) is 0. The molecule has 0 saturated carbocycles. The highest BCUT2D eigenvalue weighted by atomic mass is 15.1. The lowest BCUT2D eigenvalue weighted by Gasteiger charge is -2.33. The second-order valence-corrected chi connectivity index (χ2v) is 12.8. The molecule has 0 unspecified atom stereocenters. The number of nitrogens with zero attached hydrogens (tertiary/aromatic N) is 2. The summed E-state index contributed by atoms with van der Waals surface area (Å²) in [5.41, 5.74) is 13.7. The average Bonchev–Trinajstić information content (AvgIpc) is 3.61. The lowest BCUT2D eigenvalue weighted by Crippen LogP contribution is -2.26. The number of para-hydroxylation sites is 1. The molecule has 2 heteroatoms. The zero-order chi connectivity index (χ0) is 31.8. The van der Waals surface area contributed by atoms with Crippen LogP contribution in [0.25, 0.3) is 48.6 Å². The zero-order valence-electron chi connectivity index (χ0n) is 26.1. The minimum Gasteiger partial charge on any atom is -0.311 e. The fourth-order valence-electron chi connectivity index (χ4n) is 8.55. The number of rotatable bonds is 3. The first-order valence-corrected chi connectivity index (χ1v) is 16.4. The van der Waals surface area contributed by atoms with Crippen molar-refractivity contribution >= 4 is 44.3 Å². The van der Waals surface area contributed by atoms with Crippen LogP contribution in [0.5, 0.6) is 0 Å². The normalized spacial score (nSPS) is 13.1. The van der Waals surface area contributed by atoms with Crippen LogP contribution in [0.3, 0.4) is 0 Å². The van der Waals surface area contributed by atoms with E-state index in [4.69, 9.17) is 6.57 Å². The average molecular weight is 609 g/mol. The molecule has 0 radical (unpaired) electrons. The van der Waals surface area contributed by atoms with Gasteiger partial charge in [0.1, 0.15) is 0 Å². The van der Waals surface area contributed by atoms with Crippen LogP contribution >= 0.6 is 0 Å². The van der Waals surface area contributed by atoms with Crippen molar-refractivity contribution in [1.82, 2.24) is 0 Å². The molecule has 2 aliphatic rings. The summed E-state index contributed by atoms with van der Waals surface area (Å²) in [4.78, 5) is 6.14. The molecule has 48 heavy (non-hydrogen) atoms. The molecule has 0 fully saturated rings. The molecule has 10 rings (SSSR count). The van der Waals surface area contributed by atoms with E-state index in [-0.39, 0.29) is 0 Å². The maximum Gasteiger partial charge on any atom is 0.189 e. The Kier molecular flexibility index (Phi) is 5.59. The van der Waals surface area contributed by atoms with Gasteiger partial charge in [-0.3, -0.25) is 0 Å². The molecule has 2 nitrogen and oxygen atoms in total. The topological polar surface area (TPSA) is 7.60 Å². The predicted octanol–water partition coefficient (Wildman–Crippen LogP) is 12.4. The van der Waals surface area contributed by atoms with E-state index in [0.29, 0.717) is 5.69 Å². The highest BCUT2D eigenvalue weighted by molar-refractivity contribution is 6.13. The highest BCUT2D eigenvalue weighted by Crippen LogP contribution is 2.65. The molecule has 0 amide bonds. The van der Waals surface area contributed by atoms with Gasteiger partial charge in [0.25, 0.3) is 0 Å².